The summed E-state index contributed by atoms with van der Waals surface area (Å²) in [5, 5.41) is 3.35. The van der Waals surface area contributed by atoms with Crippen LogP contribution in [0, 0.1) is 0 Å². The van der Waals surface area contributed by atoms with Gasteiger partial charge in [-0.05, 0) is 42.6 Å². The van der Waals surface area contributed by atoms with Crippen molar-refractivity contribution in [1.82, 2.24) is 5.32 Å². The highest BCUT2D eigenvalue weighted by Crippen LogP contribution is 2.22. The van der Waals surface area contributed by atoms with Gasteiger partial charge in [-0.2, -0.15) is 0 Å². The Morgan fingerprint density at radius 2 is 1.75 bits per heavy atom. The molecule has 0 fully saturated rings. The van der Waals surface area contributed by atoms with Gasteiger partial charge in [0.15, 0.2) is 0 Å². The predicted octanol–water partition coefficient (Wildman–Crippen LogP) is 4.47. The zero-order valence-electron chi connectivity index (χ0n) is 12.9. The molecule has 1 unspecified atom stereocenters. The molecule has 0 saturated heterocycles. The molecular formula is C18H25NO. The van der Waals surface area contributed by atoms with Crippen molar-refractivity contribution in [2.24, 2.45) is 0 Å². The first-order valence-electron chi connectivity index (χ1n) is 7.48. The highest BCUT2D eigenvalue weighted by Gasteiger charge is 2.14. The van der Waals surface area contributed by atoms with E-state index in [1.54, 1.807) is 0 Å². The van der Waals surface area contributed by atoms with E-state index >= 15 is 0 Å². The third-order valence-corrected chi connectivity index (χ3v) is 3.81. The number of nitrogens with one attached hydrogen (secondary N) is 1. The summed E-state index contributed by atoms with van der Waals surface area (Å²) in [6.07, 6.45) is 1.89. The Morgan fingerprint density at radius 3 is 2.25 bits per heavy atom. The van der Waals surface area contributed by atoms with E-state index < -0.39 is 0 Å². The van der Waals surface area contributed by atoms with Crippen molar-refractivity contribution >= 4 is 0 Å². The van der Waals surface area contributed by atoms with Gasteiger partial charge in [0, 0.05) is 6.42 Å². The van der Waals surface area contributed by atoms with Crippen LogP contribution in [-0.2, 0) is 12.8 Å². The van der Waals surface area contributed by atoms with E-state index in [-0.39, 0.29) is 6.04 Å². The molecule has 0 spiro atoms. The Balaban J connectivity index is 2.09. The molecule has 2 nitrogen and oxygen atoms in total. The van der Waals surface area contributed by atoms with E-state index in [0.717, 1.165) is 24.4 Å². The van der Waals surface area contributed by atoms with Crippen LogP contribution in [0.1, 0.15) is 55.4 Å². The fraction of sp³-hybridized carbons (Fsp3) is 0.444. The van der Waals surface area contributed by atoms with Crippen LogP contribution in [0.25, 0.3) is 0 Å². The van der Waals surface area contributed by atoms with Crippen molar-refractivity contribution in [2.75, 3.05) is 7.05 Å². The first-order chi connectivity index (χ1) is 9.63. The van der Waals surface area contributed by atoms with Gasteiger partial charge in [-0.25, -0.2) is 0 Å². The van der Waals surface area contributed by atoms with Gasteiger partial charge in [-0.3, -0.25) is 0 Å². The molecule has 2 rings (SSSR count). The molecule has 0 saturated carbocycles. The lowest BCUT2D eigenvalue weighted by Crippen LogP contribution is -2.18. The maximum atomic E-state index is 5.86. The van der Waals surface area contributed by atoms with Crippen LogP contribution in [0.2, 0.25) is 0 Å². The molecular weight excluding hydrogens is 246 g/mol. The number of aryl methyl sites for hydroxylation is 1. The van der Waals surface area contributed by atoms with Gasteiger partial charge in [0.05, 0.1) is 6.04 Å². The lowest BCUT2D eigenvalue weighted by Gasteiger charge is -2.14. The minimum absolute atomic E-state index is 0.236. The van der Waals surface area contributed by atoms with Crippen molar-refractivity contribution in [3.05, 3.63) is 59.0 Å². The summed E-state index contributed by atoms with van der Waals surface area (Å²) in [6, 6.07) is 13.3. The Bertz CT molecular complexity index is 525. The molecule has 0 radical (unpaired) electrons. The quantitative estimate of drug-likeness (QED) is 0.838. The molecule has 0 bridgehead atoms. The third kappa shape index (κ3) is 3.51. The van der Waals surface area contributed by atoms with E-state index in [0.29, 0.717) is 5.92 Å². The number of likely N-dealkylation sites (N-methyl/N-ethyl adjacent to an activating group) is 1. The van der Waals surface area contributed by atoms with Crippen molar-refractivity contribution in [3.63, 3.8) is 0 Å². The maximum Gasteiger partial charge on any atom is 0.121 e. The van der Waals surface area contributed by atoms with Crippen LogP contribution in [-0.4, -0.2) is 7.05 Å². The Morgan fingerprint density at radius 1 is 1.05 bits per heavy atom. The van der Waals surface area contributed by atoms with Crippen molar-refractivity contribution < 1.29 is 4.42 Å². The SMILES string of the molecule is CCc1ccc(C(Cc2ccc(C(C)C)cc2)NC)o1. The molecule has 0 amide bonds. The summed E-state index contributed by atoms with van der Waals surface area (Å²) in [4.78, 5) is 0. The lowest BCUT2D eigenvalue weighted by atomic mass is 9.98. The van der Waals surface area contributed by atoms with Crippen LogP contribution in [0.5, 0.6) is 0 Å². The molecule has 1 aromatic carbocycles. The number of benzene rings is 1. The van der Waals surface area contributed by atoms with E-state index in [1.165, 1.54) is 11.1 Å². The van der Waals surface area contributed by atoms with Crippen LogP contribution >= 0.6 is 0 Å². The third-order valence-electron chi connectivity index (χ3n) is 3.81. The zero-order chi connectivity index (χ0) is 14.5. The molecule has 1 atom stereocenters. The minimum atomic E-state index is 0.236. The first-order valence-corrected chi connectivity index (χ1v) is 7.48. The van der Waals surface area contributed by atoms with E-state index in [1.807, 2.05) is 7.05 Å². The fourth-order valence-electron chi connectivity index (χ4n) is 2.39. The van der Waals surface area contributed by atoms with Gasteiger partial charge < -0.3 is 9.73 Å². The van der Waals surface area contributed by atoms with Gasteiger partial charge >= 0.3 is 0 Å². The summed E-state index contributed by atoms with van der Waals surface area (Å²) in [6.45, 7) is 6.56. The molecule has 20 heavy (non-hydrogen) atoms. The Kier molecular flexibility index (Phi) is 5.02. The van der Waals surface area contributed by atoms with E-state index in [9.17, 15) is 0 Å². The summed E-state index contributed by atoms with van der Waals surface area (Å²) >= 11 is 0. The van der Waals surface area contributed by atoms with Gasteiger partial charge in [0.2, 0.25) is 0 Å². The fourth-order valence-corrected chi connectivity index (χ4v) is 2.39. The van der Waals surface area contributed by atoms with Gasteiger partial charge in [-0.1, -0.05) is 45.0 Å². The number of furan rings is 1. The molecule has 0 aliphatic rings. The molecule has 1 aromatic heterocycles. The van der Waals surface area contributed by atoms with E-state index in [2.05, 4.69) is 62.5 Å². The average molecular weight is 271 g/mol. The maximum absolute atomic E-state index is 5.86. The second-order valence-electron chi connectivity index (χ2n) is 5.60. The van der Waals surface area contributed by atoms with Crippen LogP contribution in [0.15, 0.2) is 40.8 Å². The average Bonchev–Trinajstić information content (AvgIpc) is 2.94. The molecule has 2 heteroatoms. The normalized spacial score (nSPS) is 12.8. The monoisotopic (exact) mass is 271 g/mol. The summed E-state index contributed by atoms with van der Waals surface area (Å²) in [7, 11) is 1.99. The summed E-state index contributed by atoms with van der Waals surface area (Å²) < 4.78 is 5.86. The smallest absolute Gasteiger partial charge is 0.121 e. The Hall–Kier alpha value is -1.54. The van der Waals surface area contributed by atoms with E-state index in [4.69, 9.17) is 4.42 Å². The van der Waals surface area contributed by atoms with Gasteiger partial charge in [0.1, 0.15) is 11.5 Å². The summed E-state index contributed by atoms with van der Waals surface area (Å²) in [5.74, 6) is 2.66. The van der Waals surface area contributed by atoms with Crippen molar-refractivity contribution in [2.45, 2.75) is 45.6 Å². The highest BCUT2D eigenvalue weighted by molar-refractivity contribution is 5.26. The van der Waals surface area contributed by atoms with Crippen molar-refractivity contribution in [1.29, 1.82) is 0 Å². The standard InChI is InChI=1S/C18H25NO/c1-5-16-10-11-18(20-16)17(19-4)12-14-6-8-15(9-7-14)13(2)3/h6-11,13,17,19H,5,12H2,1-4H3. The van der Waals surface area contributed by atoms with Crippen LogP contribution in [0.4, 0.5) is 0 Å². The summed E-state index contributed by atoms with van der Waals surface area (Å²) in [5.41, 5.74) is 2.73. The number of rotatable bonds is 6. The first kappa shape index (κ1) is 14.9. The predicted molar refractivity (Wildman–Crippen MR) is 84.1 cm³/mol. The minimum Gasteiger partial charge on any atom is -0.464 e. The second kappa shape index (κ2) is 6.76. The topological polar surface area (TPSA) is 25.2 Å². The van der Waals surface area contributed by atoms with Crippen LogP contribution in [0.3, 0.4) is 0 Å². The molecule has 1 N–H and O–H groups in total. The van der Waals surface area contributed by atoms with Gasteiger partial charge in [0.25, 0.3) is 0 Å². The molecule has 0 aliphatic heterocycles. The number of hydrogen-bond donors (Lipinski definition) is 1. The number of hydrogen-bond acceptors (Lipinski definition) is 2. The molecule has 2 aromatic rings. The van der Waals surface area contributed by atoms with Gasteiger partial charge in [-0.15, -0.1) is 0 Å². The largest absolute Gasteiger partial charge is 0.464 e. The lowest BCUT2D eigenvalue weighted by molar-refractivity contribution is 0.407. The van der Waals surface area contributed by atoms with Crippen LogP contribution < -0.4 is 5.32 Å². The molecule has 0 aliphatic carbocycles. The Labute approximate surface area is 122 Å². The zero-order valence-corrected chi connectivity index (χ0v) is 12.9. The second-order valence-corrected chi connectivity index (χ2v) is 5.60. The van der Waals surface area contributed by atoms with Crippen molar-refractivity contribution in [3.8, 4) is 0 Å². The molecule has 108 valence electrons. The highest BCUT2D eigenvalue weighted by atomic mass is 16.3. The molecule has 1 heterocycles.